The summed E-state index contributed by atoms with van der Waals surface area (Å²) in [6.07, 6.45) is 1.56. The summed E-state index contributed by atoms with van der Waals surface area (Å²) in [4.78, 5) is 24.0. The van der Waals surface area contributed by atoms with Crippen LogP contribution in [0.15, 0.2) is 42.5 Å². The molecule has 0 radical (unpaired) electrons. The van der Waals surface area contributed by atoms with Gasteiger partial charge in [-0.05, 0) is 49.6 Å². The number of aryl methyl sites for hydroxylation is 1. The molecular formula is C25H30N4O5. The number of carboxylic acid groups (broad SMARTS) is 1. The lowest BCUT2D eigenvalue weighted by Gasteiger charge is -2.40. The van der Waals surface area contributed by atoms with E-state index >= 15 is 0 Å². The molecule has 2 saturated heterocycles. The first-order valence-electron chi connectivity index (χ1n) is 11.5. The van der Waals surface area contributed by atoms with Crippen LogP contribution in [0.5, 0.6) is 5.75 Å². The smallest absolute Gasteiger partial charge is 0.407 e. The minimum Gasteiger partial charge on any atom is -0.507 e. The van der Waals surface area contributed by atoms with Crippen LogP contribution in [0.25, 0.3) is 22.3 Å². The summed E-state index contributed by atoms with van der Waals surface area (Å²) in [5, 5.41) is 30.3. The second kappa shape index (κ2) is 10.7. The average Bonchev–Trinajstić information content (AvgIpc) is 3.43. The van der Waals surface area contributed by atoms with Crippen molar-refractivity contribution >= 4 is 22.8 Å². The fourth-order valence-corrected chi connectivity index (χ4v) is 4.20. The number of phenols is 1. The number of aromatic hydroxyl groups is 1. The SMILES string of the molecule is C1CCOC1.Cc1ccc2c(N3CCN(C(=O)O)CC3CO)nc(-c3ccccc3O)nc2c1. The molecule has 34 heavy (non-hydrogen) atoms. The van der Waals surface area contributed by atoms with Gasteiger partial charge in [-0.3, -0.25) is 0 Å². The zero-order valence-electron chi connectivity index (χ0n) is 19.2. The summed E-state index contributed by atoms with van der Waals surface area (Å²) < 4.78 is 4.94. The Kier molecular flexibility index (Phi) is 7.44. The standard InChI is InChI=1S/C21H22N4O4.C4H8O/c1-13-6-7-15-17(10-13)22-19(16-4-2-3-5-18(16)27)23-20(15)25-9-8-24(21(28)29)11-14(25)12-26;1-2-4-5-3-1/h2-7,10,14,26-27H,8-9,11-12H2,1H3,(H,28,29);1-4H2. The maximum absolute atomic E-state index is 11.4. The van der Waals surface area contributed by atoms with Crippen LogP contribution in [0.4, 0.5) is 10.6 Å². The molecule has 9 heteroatoms. The quantitative estimate of drug-likeness (QED) is 0.538. The van der Waals surface area contributed by atoms with Crippen LogP contribution in [0.2, 0.25) is 0 Å². The highest BCUT2D eigenvalue weighted by Crippen LogP contribution is 2.33. The Hall–Kier alpha value is -3.43. The number of benzene rings is 2. The topological polar surface area (TPSA) is 119 Å². The van der Waals surface area contributed by atoms with E-state index in [2.05, 4.69) is 4.98 Å². The van der Waals surface area contributed by atoms with Crippen molar-refractivity contribution in [2.45, 2.75) is 25.8 Å². The second-order valence-corrected chi connectivity index (χ2v) is 8.49. The number of aromatic nitrogens is 2. The molecule has 1 aromatic heterocycles. The number of amides is 1. The maximum atomic E-state index is 11.4. The van der Waals surface area contributed by atoms with Crippen LogP contribution in [0, 0.1) is 6.92 Å². The van der Waals surface area contributed by atoms with Crippen molar-refractivity contribution in [3.63, 3.8) is 0 Å². The van der Waals surface area contributed by atoms with Crippen molar-refractivity contribution in [2.24, 2.45) is 0 Å². The van der Waals surface area contributed by atoms with E-state index in [-0.39, 0.29) is 18.9 Å². The molecule has 0 saturated carbocycles. The Morgan fingerprint density at radius 2 is 1.88 bits per heavy atom. The lowest BCUT2D eigenvalue weighted by atomic mass is 10.1. The number of phenolic OH excluding ortho intramolecular Hbond substituents is 1. The Morgan fingerprint density at radius 1 is 1.12 bits per heavy atom. The van der Waals surface area contributed by atoms with Crippen LogP contribution < -0.4 is 4.90 Å². The van der Waals surface area contributed by atoms with Gasteiger partial charge in [0.05, 0.1) is 23.7 Å². The van der Waals surface area contributed by atoms with Gasteiger partial charge in [-0.25, -0.2) is 14.8 Å². The summed E-state index contributed by atoms with van der Waals surface area (Å²) >= 11 is 0. The van der Waals surface area contributed by atoms with Crippen LogP contribution in [-0.4, -0.2) is 81.8 Å². The highest BCUT2D eigenvalue weighted by atomic mass is 16.5. The molecule has 3 heterocycles. The molecule has 2 aromatic carbocycles. The zero-order chi connectivity index (χ0) is 24.1. The number of carbonyl (C=O) groups is 1. The van der Waals surface area contributed by atoms with Crippen molar-refractivity contribution < 1.29 is 24.9 Å². The first-order valence-corrected chi connectivity index (χ1v) is 11.5. The number of hydrogen-bond donors (Lipinski definition) is 3. The van der Waals surface area contributed by atoms with Crippen molar-refractivity contribution in [3.05, 3.63) is 48.0 Å². The molecule has 5 rings (SSSR count). The number of rotatable bonds is 3. The molecule has 0 spiro atoms. The fourth-order valence-electron chi connectivity index (χ4n) is 4.20. The molecule has 9 nitrogen and oxygen atoms in total. The van der Waals surface area contributed by atoms with Crippen molar-refractivity contribution in [1.29, 1.82) is 0 Å². The van der Waals surface area contributed by atoms with Gasteiger partial charge in [0.25, 0.3) is 0 Å². The van der Waals surface area contributed by atoms with Gasteiger partial charge in [0.15, 0.2) is 5.82 Å². The van der Waals surface area contributed by atoms with Gasteiger partial charge < -0.3 is 29.9 Å². The third-order valence-electron chi connectivity index (χ3n) is 6.04. The van der Waals surface area contributed by atoms with E-state index in [9.17, 15) is 20.1 Å². The fraction of sp³-hybridized carbons (Fsp3) is 0.400. The Balaban J connectivity index is 0.000000486. The maximum Gasteiger partial charge on any atom is 0.407 e. The summed E-state index contributed by atoms with van der Waals surface area (Å²) in [6.45, 7) is 4.68. The number of fused-ring (bicyclic) bond motifs is 1. The van der Waals surface area contributed by atoms with Crippen molar-refractivity contribution in [2.75, 3.05) is 44.4 Å². The Labute approximate surface area is 198 Å². The summed E-state index contributed by atoms with van der Waals surface area (Å²) in [7, 11) is 0. The van der Waals surface area contributed by atoms with Gasteiger partial charge >= 0.3 is 6.09 Å². The van der Waals surface area contributed by atoms with Crippen LogP contribution >= 0.6 is 0 Å². The van der Waals surface area contributed by atoms with Gasteiger partial charge in [0.2, 0.25) is 0 Å². The molecular weight excluding hydrogens is 436 g/mol. The first-order chi connectivity index (χ1) is 16.5. The number of nitrogens with zero attached hydrogens (tertiary/aromatic N) is 4. The zero-order valence-corrected chi connectivity index (χ0v) is 19.2. The molecule has 180 valence electrons. The van der Waals surface area contributed by atoms with Crippen molar-refractivity contribution in [1.82, 2.24) is 14.9 Å². The summed E-state index contributed by atoms with van der Waals surface area (Å²) in [5.41, 5.74) is 2.28. The van der Waals surface area contributed by atoms with E-state index in [1.54, 1.807) is 24.3 Å². The molecule has 3 aromatic rings. The third kappa shape index (κ3) is 5.21. The molecule has 1 atom stereocenters. The van der Waals surface area contributed by atoms with E-state index < -0.39 is 12.1 Å². The molecule has 3 N–H and O–H groups in total. The van der Waals surface area contributed by atoms with E-state index in [1.165, 1.54) is 17.7 Å². The van der Waals surface area contributed by atoms with E-state index in [0.29, 0.717) is 30.3 Å². The third-order valence-corrected chi connectivity index (χ3v) is 6.04. The molecule has 1 amide bonds. The largest absolute Gasteiger partial charge is 0.507 e. The molecule has 2 aliphatic heterocycles. The van der Waals surface area contributed by atoms with E-state index in [4.69, 9.17) is 9.72 Å². The monoisotopic (exact) mass is 466 g/mol. The number of aliphatic hydroxyl groups excluding tert-OH is 1. The Bertz CT molecular complexity index is 1140. The van der Waals surface area contributed by atoms with E-state index in [1.807, 2.05) is 30.0 Å². The van der Waals surface area contributed by atoms with Gasteiger partial charge in [-0.2, -0.15) is 0 Å². The lowest BCUT2D eigenvalue weighted by molar-refractivity contribution is 0.124. The highest BCUT2D eigenvalue weighted by Gasteiger charge is 2.31. The van der Waals surface area contributed by atoms with Gasteiger partial charge in [-0.15, -0.1) is 0 Å². The van der Waals surface area contributed by atoms with Crippen molar-refractivity contribution in [3.8, 4) is 17.1 Å². The second-order valence-electron chi connectivity index (χ2n) is 8.49. The molecule has 0 aliphatic carbocycles. The predicted octanol–water partition coefficient (Wildman–Crippen LogP) is 3.27. The average molecular weight is 467 g/mol. The van der Waals surface area contributed by atoms with E-state index in [0.717, 1.165) is 29.7 Å². The summed E-state index contributed by atoms with van der Waals surface area (Å²) in [6, 6.07) is 12.3. The lowest BCUT2D eigenvalue weighted by Crippen LogP contribution is -2.56. The minimum absolute atomic E-state index is 0.0832. The number of hydrogen-bond acceptors (Lipinski definition) is 7. The number of ether oxygens (including phenoxy) is 1. The Morgan fingerprint density at radius 3 is 2.53 bits per heavy atom. The number of anilines is 1. The number of piperazine rings is 1. The first kappa shape index (κ1) is 23.7. The molecule has 0 bridgehead atoms. The minimum atomic E-state index is -0.999. The molecule has 2 aliphatic rings. The summed E-state index contributed by atoms with van der Waals surface area (Å²) in [5.74, 6) is 1.09. The van der Waals surface area contributed by atoms with Crippen LogP contribution in [0.1, 0.15) is 18.4 Å². The van der Waals surface area contributed by atoms with Crippen LogP contribution in [-0.2, 0) is 4.74 Å². The van der Waals surface area contributed by atoms with Gasteiger partial charge in [-0.1, -0.05) is 18.2 Å². The van der Waals surface area contributed by atoms with Gasteiger partial charge in [0.1, 0.15) is 11.6 Å². The molecule has 1 unspecified atom stereocenters. The number of aliphatic hydroxyl groups is 1. The number of para-hydroxylation sites is 1. The van der Waals surface area contributed by atoms with Crippen LogP contribution in [0.3, 0.4) is 0 Å². The highest BCUT2D eigenvalue weighted by molar-refractivity contribution is 5.92. The predicted molar refractivity (Wildman–Crippen MR) is 129 cm³/mol. The normalized spacial score (nSPS) is 18.0. The molecule has 2 fully saturated rings. The van der Waals surface area contributed by atoms with Gasteiger partial charge in [0, 0.05) is 38.2 Å².